The molecular weight excluding hydrogens is 282 g/mol. The van der Waals surface area contributed by atoms with E-state index >= 15 is 0 Å². The van der Waals surface area contributed by atoms with E-state index in [1.54, 1.807) is 7.11 Å². The van der Waals surface area contributed by atoms with Crippen molar-refractivity contribution >= 4 is 17.6 Å². The number of nitrogens with one attached hydrogen (secondary N) is 1. The van der Waals surface area contributed by atoms with Crippen LogP contribution in [0.15, 0.2) is 6.07 Å². The predicted molar refractivity (Wildman–Crippen MR) is 75.8 cm³/mol. The molecule has 1 heterocycles. The van der Waals surface area contributed by atoms with Crippen LogP contribution in [0.4, 0.5) is 0 Å². The molecule has 20 heavy (non-hydrogen) atoms. The molecule has 0 bridgehead atoms. The molecule has 6 heteroatoms. The van der Waals surface area contributed by atoms with E-state index in [-0.39, 0.29) is 12.0 Å². The Morgan fingerprint density at radius 2 is 2.05 bits per heavy atom. The summed E-state index contributed by atoms with van der Waals surface area (Å²) in [4.78, 5) is 11.1. The van der Waals surface area contributed by atoms with E-state index in [9.17, 15) is 4.79 Å². The number of carboxylic acids is 1. The van der Waals surface area contributed by atoms with Gasteiger partial charge in [0.15, 0.2) is 11.5 Å². The fraction of sp³-hybridized carbons (Fsp3) is 0.500. The minimum absolute atomic E-state index is 0.0720. The molecule has 1 fully saturated rings. The summed E-state index contributed by atoms with van der Waals surface area (Å²) >= 11 is 6.15. The molecule has 1 aromatic carbocycles. The van der Waals surface area contributed by atoms with Crippen LogP contribution in [0.1, 0.15) is 23.6 Å². The van der Waals surface area contributed by atoms with Crippen molar-refractivity contribution in [2.45, 2.75) is 19.4 Å². The SMILES string of the molecule is COc1c(Cl)cc(C)c(C2CC(C(=O)O)CN2)c1OC. The largest absolute Gasteiger partial charge is 0.492 e. The van der Waals surface area contributed by atoms with Crippen molar-refractivity contribution in [3.05, 3.63) is 22.2 Å². The summed E-state index contributed by atoms with van der Waals surface area (Å²) in [7, 11) is 3.09. The third-order valence-electron chi connectivity index (χ3n) is 3.67. The monoisotopic (exact) mass is 299 g/mol. The van der Waals surface area contributed by atoms with Gasteiger partial charge >= 0.3 is 5.97 Å². The summed E-state index contributed by atoms with van der Waals surface area (Å²) < 4.78 is 10.7. The Kier molecular flexibility index (Phi) is 4.40. The van der Waals surface area contributed by atoms with Gasteiger partial charge in [0.1, 0.15) is 0 Å². The van der Waals surface area contributed by atoms with Crippen molar-refractivity contribution in [2.24, 2.45) is 5.92 Å². The molecule has 2 unspecified atom stereocenters. The van der Waals surface area contributed by atoms with Gasteiger partial charge in [0.05, 0.1) is 25.2 Å². The zero-order chi connectivity index (χ0) is 14.9. The second kappa shape index (κ2) is 5.89. The summed E-state index contributed by atoms with van der Waals surface area (Å²) in [6, 6.07) is 1.74. The average molecular weight is 300 g/mol. The highest BCUT2D eigenvalue weighted by molar-refractivity contribution is 6.32. The topological polar surface area (TPSA) is 67.8 Å². The van der Waals surface area contributed by atoms with Gasteiger partial charge in [0.2, 0.25) is 0 Å². The molecule has 0 radical (unpaired) electrons. The molecule has 0 spiro atoms. The lowest BCUT2D eigenvalue weighted by molar-refractivity contribution is -0.141. The number of hydrogen-bond donors (Lipinski definition) is 2. The van der Waals surface area contributed by atoms with Gasteiger partial charge in [-0.1, -0.05) is 11.6 Å². The average Bonchev–Trinajstić information content (AvgIpc) is 2.87. The van der Waals surface area contributed by atoms with Crippen LogP contribution in [0.25, 0.3) is 0 Å². The Hall–Kier alpha value is -1.46. The van der Waals surface area contributed by atoms with Gasteiger partial charge < -0.3 is 19.9 Å². The number of ether oxygens (including phenoxy) is 2. The molecule has 0 saturated carbocycles. The van der Waals surface area contributed by atoms with Crippen LogP contribution in [-0.4, -0.2) is 31.8 Å². The molecule has 110 valence electrons. The number of carbonyl (C=O) groups is 1. The van der Waals surface area contributed by atoms with Crippen LogP contribution < -0.4 is 14.8 Å². The Bertz CT molecular complexity index is 532. The van der Waals surface area contributed by atoms with Crippen LogP contribution in [0, 0.1) is 12.8 Å². The molecule has 5 nitrogen and oxygen atoms in total. The van der Waals surface area contributed by atoms with Gasteiger partial charge in [0, 0.05) is 18.2 Å². The molecule has 1 aromatic rings. The molecule has 0 amide bonds. The van der Waals surface area contributed by atoms with Gasteiger partial charge in [-0.15, -0.1) is 0 Å². The molecule has 0 aliphatic carbocycles. The molecule has 1 aliphatic rings. The highest BCUT2D eigenvalue weighted by Crippen LogP contribution is 2.44. The molecule has 2 rings (SSSR count). The quantitative estimate of drug-likeness (QED) is 0.893. The minimum Gasteiger partial charge on any atom is -0.492 e. The lowest BCUT2D eigenvalue weighted by atomic mass is 9.95. The zero-order valence-electron chi connectivity index (χ0n) is 11.7. The highest BCUT2D eigenvalue weighted by atomic mass is 35.5. The van der Waals surface area contributed by atoms with Crippen LogP contribution >= 0.6 is 11.6 Å². The van der Waals surface area contributed by atoms with E-state index in [2.05, 4.69) is 5.32 Å². The summed E-state index contributed by atoms with van der Waals surface area (Å²) in [5.74, 6) is -0.111. The second-order valence-corrected chi connectivity index (χ2v) is 5.29. The number of aryl methyl sites for hydroxylation is 1. The van der Waals surface area contributed by atoms with Crippen molar-refractivity contribution in [1.29, 1.82) is 0 Å². The van der Waals surface area contributed by atoms with E-state index in [1.165, 1.54) is 7.11 Å². The Balaban J connectivity index is 2.44. The fourth-order valence-electron chi connectivity index (χ4n) is 2.71. The highest BCUT2D eigenvalue weighted by Gasteiger charge is 2.33. The first-order valence-corrected chi connectivity index (χ1v) is 6.74. The second-order valence-electron chi connectivity index (χ2n) is 4.89. The molecule has 1 aliphatic heterocycles. The van der Waals surface area contributed by atoms with E-state index in [0.717, 1.165) is 11.1 Å². The fourth-order valence-corrected chi connectivity index (χ4v) is 3.04. The minimum atomic E-state index is -0.780. The van der Waals surface area contributed by atoms with Gasteiger partial charge in [-0.3, -0.25) is 4.79 Å². The maximum atomic E-state index is 11.1. The number of benzene rings is 1. The molecule has 0 aromatic heterocycles. The van der Waals surface area contributed by atoms with Crippen LogP contribution in [0.2, 0.25) is 5.02 Å². The maximum Gasteiger partial charge on any atom is 0.307 e. The van der Waals surface area contributed by atoms with Gasteiger partial charge in [0.25, 0.3) is 0 Å². The zero-order valence-corrected chi connectivity index (χ0v) is 12.5. The third kappa shape index (κ3) is 2.55. The Morgan fingerprint density at radius 1 is 1.40 bits per heavy atom. The predicted octanol–water partition coefficient (Wildman–Crippen LogP) is 2.40. The number of halogens is 1. The smallest absolute Gasteiger partial charge is 0.307 e. The van der Waals surface area contributed by atoms with E-state index in [0.29, 0.717) is 29.5 Å². The molecule has 1 saturated heterocycles. The maximum absolute atomic E-state index is 11.1. The summed E-state index contributed by atoms with van der Waals surface area (Å²) in [6.07, 6.45) is 0.525. The van der Waals surface area contributed by atoms with E-state index < -0.39 is 5.97 Å². The van der Waals surface area contributed by atoms with E-state index in [4.69, 9.17) is 26.2 Å². The van der Waals surface area contributed by atoms with Crippen molar-refractivity contribution in [1.82, 2.24) is 5.32 Å². The number of methoxy groups -OCH3 is 2. The Morgan fingerprint density at radius 3 is 2.55 bits per heavy atom. The van der Waals surface area contributed by atoms with Gasteiger partial charge in [-0.05, 0) is 25.0 Å². The van der Waals surface area contributed by atoms with Gasteiger partial charge in [-0.2, -0.15) is 0 Å². The lowest BCUT2D eigenvalue weighted by Gasteiger charge is -2.21. The standard InChI is InChI=1S/C14H18ClNO4/c1-7-4-9(15)12(19-2)13(20-3)11(7)10-5-8(6-16-10)14(17)18/h4,8,10,16H,5-6H2,1-3H3,(H,17,18). The number of aliphatic carboxylic acids is 1. The van der Waals surface area contributed by atoms with Crippen LogP contribution in [0.3, 0.4) is 0 Å². The number of carboxylic acid groups (broad SMARTS) is 1. The van der Waals surface area contributed by atoms with E-state index in [1.807, 2.05) is 13.0 Å². The molecule has 2 N–H and O–H groups in total. The van der Waals surface area contributed by atoms with Crippen molar-refractivity contribution in [2.75, 3.05) is 20.8 Å². The van der Waals surface area contributed by atoms with Crippen molar-refractivity contribution in [3.8, 4) is 11.5 Å². The molecular formula is C14H18ClNO4. The van der Waals surface area contributed by atoms with Gasteiger partial charge in [-0.25, -0.2) is 0 Å². The van der Waals surface area contributed by atoms with Crippen LogP contribution in [0.5, 0.6) is 11.5 Å². The summed E-state index contributed by atoms with van der Waals surface area (Å²) in [5, 5.41) is 12.8. The van der Waals surface area contributed by atoms with Crippen molar-refractivity contribution in [3.63, 3.8) is 0 Å². The first-order valence-electron chi connectivity index (χ1n) is 6.36. The first-order chi connectivity index (χ1) is 9.49. The summed E-state index contributed by atoms with van der Waals surface area (Å²) in [5.41, 5.74) is 1.87. The van der Waals surface area contributed by atoms with Crippen LogP contribution in [-0.2, 0) is 4.79 Å². The first kappa shape index (κ1) is 14.9. The number of hydrogen-bond acceptors (Lipinski definition) is 4. The lowest BCUT2D eigenvalue weighted by Crippen LogP contribution is -2.18. The third-order valence-corrected chi connectivity index (χ3v) is 3.95. The summed E-state index contributed by atoms with van der Waals surface area (Å²) in [6.45, 7) is 2.38. The van der Waals surface area contributed by atoms with Crippen molar-refractivity contribution < 1.29 is 19.4 Å². The Labute approximate surface area is 122 Å². The number of rotatable bonds is 4. The normalized spacial score (nSPS) is 21.8. The molecule has 2 atom stereocenters.